The summed E-state index contributed by atoms with van der Waals surface area (Å²) in [7, 11) is 1.88. The molecule has 0 radical (unpaired) electrons. The molecule has 0 saturated heterocycles. The monoisotopic (exact) mass is 247 g/mol. The zero-order valence-electron chi connectivity index (χ0n) is 8.89. The second-order valence-electron chi connectivity index (χ2n) is 3.14. The summed E-state index contributed by atoms with van der Waals surface area (Å²) in [5, 5.41) is 4.32. The van der Waals surface area contributed by atoms with Crippen LogP contribution in [0.5, 0.6) is 0 Å². The van der Waals surface area contributed by atoms with Crippen LogP contribution in [0, 0.1) is 0 Å². The third-order valence-corrected chi connectivity index (χ3v) is 3.03. The fraction of sp³-hybridized carbons (Fsp3) is 0.455. The molecule has 1 aromatic rings. The molecule has 0 aromatic heterocycles. The zero-order valence-corrected chi connectivity index (χ0v) is 10.4. The first kappa shape index (κ1) is 12.8. The number of halogens is 2. The summed E-state index contributed by atoms with van der Waals surface area (Å²) in [6, 6.07) is 5.70. The van der Waals surface area contributed by atoms with Gasteiger partial charge in [0.25, 0.3) is 0 Å². The number of ether oxygens (including phenoxy) is 1. The smallest absolute Gasteiger partial charge is 0.0661 e. The van der Waals surface area contributed by atoms with Crippen LogP contribution in [0.15, 0.2) is 18.2 Å². The van der Waals surface area contributed by atoms with E-state index in [4.69, 9.17) is 27.9 Å². The van der Waals surface area contributed by atoms with E-state index in [2.05, 4.69) is 5.32 Å². The Balaban J connectivity index is 2.86. The van der Waals surface area contributed by atoms with Crippen LogP contribution in [0.25, 0.3) is 0 Å². The Morgan fingerprint density at radius 3 is 2.73 bits per heavy atom. The molecule has 0 bridgehead atoms. The van der Waals surface area contributed by atoms with Crippen molar-refractivity contribution in [1.82, 2.24) is 5.32 Å². The van der Waals surface area contributed by atoms with Gasteiger partial charge >= 0.3 is 0 Å². The molecular weight excluding hydrogens is 233 g/mol. The molecule has 1 unspecified atom stereocenters. The van der Waals surface area contributed by atoms with Gasteiger partial charge in [-0.15, -0.1) is 0 Å². The van der Waals surface area contributed by atoms with Crippen molar-refractivity contribution in [3.8, 4) is 0 Å². The molecular formula is C11H15Cl2NO. The lowest BCUT2D eigenvalue weighted by molar-refractivity contribution is 0.125. The van der Waals surface area contributed by atoms with Gasteiger partial charge in [-0.2, -0.15) is 0 Å². The topological polar surface area (TPSA) is 21.3 Å². The molecule has 4 heteroatoms. The first-order valence-corrected chi connectivity index (χ1v) is 5.65. The number of nitrogens with one attached hydrogen (secondary N) is 1. The van der Waals surface area contributed by atoms with Gasteiger partial charge in [-0.3, -0.25) is 0 Å². The Labute approximate surface area is 101 Å². The number of hydrogen-bond acceptors (Lipinski definition) is 2. The van der Waals surface area contributed by atoms with Crippen LogP contribution in [0.4, 0.5) is 0 Å². The van der Waals surface area contributed by atoms with Gasteiger partial charge in [0.15, 0.2) is 0 Å². The van der Waals surface area contributed by atoms with Crippen LogP contribution in [0.3, 0.4) is 0 Å². The van der Waals surface area contributed by atoms with Crippen molar-refractivity contribution in [2.24, 2.45) is 0 Å². The lowest BCUT2D eigenvalue weighted by atomic mass is 10.1. The standard InChI is InChI=1S/C11H15Cl2NO/c1-3-15-7-10(14-2)8-5-4-6-9(12)11(8)13/h4-6,10,14H,3,7H2,1-2H3. The highest BCUT2D eigenvalue weighted by Gasteiger charge is 2.14. The molecule has 1 atom stereocenters. The SMILES string of the molecule is CCOCC(NC)c1cccc(Cl)c1Cl. The van der Waals surface area contributed by atoms with E-state index < -0.39 is 0 Å². The van der Waals surface area contributed by atoms with Crippen molar-refractivity contribution in [2.45, 2.75) is 13.0 Å². The summed E-state index contributed by atoms with van der Waals surface area (Å²) in [5.74, 6) is 0. The van der Waals surface area contributed by atoms with Crippen LogP contribution in [0.1, 0.15) is 18.5 Å². The van der Waals surface area contributed by atoms with Crippen molar-refractivity contribution >= 4 is 23.2 Å². The first-order chi connectivity index (χ1) is 7.20. The number of likely N-dealkylation sites (N-methyl/N-ethyl adjacent to an activating group) is 1. The minimum absolute atomic E-state index is 0.0798. The summed E-state index contributed by atoms with van der Waals surface area (Å²) < 4.78 is 5.37. The third kappa shape index (κ3) is 3.35. The van der Waals surface area contributed by atoms with Crippen LogP contribution < -0.4 is 5.32 Å². The minimum atomic E-state index is 0.0798. The van der Waals surface area contributed by atoms with E-state index in [9.17, 15) is 0 Å². The Hall–Kier alpha value is -0.280. The van der Waals surface area contributed by atoms with Crippen LogP contribution in [0.2, 0.25) is 10.0 Å². The van der Waals surface area contributed by atoms with Crippen molar-refractivity contribution in [3.05, 3.63) is 33.8 Å². The lowest BCUT2D eigenvalue weighted by Crippen LogP contribution is -2.22. The molecule has 0 spiro atoms. The minimum Gasteiger partial charge on any atom is -0.380 e. The lowest BCUT2D eigenvalue weighted by Gasteiger charge is -2.18. The molecule has 84 valence electrons. The van der Waals surface area contributed by atoms with Gasteiger partial charge in [0.05, 0.1) is 22.7 Å². The van der Waals surface area contributed by atoms with Crippen molar-refractivity contribution in [3.63, 3.8) is 0 Å². The highest BCUT2D eigenvalue weighted by atomic mass is 35.5. The summed E-state index contributed by atoms with van der Waals surface area (Å²) in [6.07, 6.45) is 0. The quantitative estimate of drug-likeness (QED) is 0.863. The number of hydrogen-bond donors (Lipinski definition) is 1. The molecule has 1 rings (SSSR count). The molecule has 0 saturated carbocycles. The molecule has 2 nitrogen and oxygen atoms in total. The van der Waals surface area contributed by atoms with E-state index >= 15 is 0 Å². The van der Waals surface area contributed by atoms with Gasteiger partial charge in [-0.25, -0.2) is 0 Å². The van der Waals surface area contributed by atoms with E-state index in [1.165, 1.54) is 0 Å². The van der Waals surface area contributed by atoms with Gasteiger partial charge in [0, 0.05) is 6.61 Å². The summed E-state index contributed by atoms with van der Waals surface area (Å²) in [5.41, 5.74) is 0.972. The Morgan fingerprint density at radius 2 is 2.13 bits per heavy atom. The van der Waals surface area contributed by atoms with Crippen LogP contribution in [-0.2, 0) is 4.74 Å². The van der Waals surface area contributed by atoms with Gasteiger partial charge in [0.2, 0.25) is 0 Å². The molecule has 0 amide bonds. The largest absolute Gasteiger partial charge is 0.380 e. The third-order valence-electron chi connectivity index (χ3n) is 2.19. The summed E-state index contributed by atoms with van der Waals surface area (Å²) in [6.45, 7) is 3.25. The fourth-order valence-electron chi connectivity index (χ4n) is 1.35. The Morgan fingerprint density at radius 1 is 1.40 bits per heavy atom. The van der Waals surface area contributed by atoms with E-state index in [1.807, 2.05) is 26.1 Å². The van der Waals surface area contributed by atoms with Crippen molar-refractivity contribution in [1.29, 1.82) is 0 Å². The molecule has 0 aliphatic heterocycles. The summed E-state index contributed by atoms with van der Waals surface area (Å²) in [4.78, 5) is 0. The average Bonchev–Trinajstić information content (AvgIpc) is 2.25. The highest BCUT2D eigenvalue weighted by Crippen LogP contribution is 2.29. The maximum atomic E-state index is 6.12. The van der Waals surface area contributed by atoms with Gasteiger partial charge in [0.1, 0.15) is 0 Å². The molecule has 0 fully saturated rings. The van der Waals surface area contributed by atoms with E-state index in [-0.39, 0.29) is 6.04 Å². The zero-order chi connectivity index (χ0) is 11.3. The van der Waals surface area contributed by atoms with Crippen molar-refractivity contribution in [2.75, 3.05) is 20.3 Å². The molecule has 0 aliphatic carbocycles. The first-order valence-electron chi connectivity index (χ1n) is 4.89. The molecule has 0 aliphatic rings. The predicted octanol–water partition coefficient (Wildman–Crippen LogP) is 3.29. The summed E-state index contributed by atoms with van der Waals surface area (Å²) >= 11 is 12.1. The predicted molar refractivity (Wildman–Crippen MR) is 64.8 cm³/mol. The molecule has 1 aromatic carbocycles. The second kappa shape index (κ2) is 6.33. The normalized spacial score (nSPS) is 12.8. The Kier molecular flexibility index (Phi) is 5.40. The average molecular weight is 248 g/mol. The Bertz CT molecular complexity index is 317. The number of benzene rings is 1. The maximum Gasteiger partial charge on any atom is 0.0661 e. The van der Waals surface area contributed by atoms with Crippen molar-refractivity contribution < 1.29 is 4.74 Å². The van der Waals surface area contributed by atoms with Gasteiger partial charge < -0.3 is 10.1 Å². The number of rotatable bonds is 5. The van der Waals surface area contributed by atoms with Gasteiger partial charge in [-0.1, -0.05) is 35.3 Å². The van der Waals surface area contributed by atoms with E-state index in [1.54, 1.807) is 6.07 Å². The fourth-order valence-corrected chi connectivity index (χ4v) is 1.79. The molecule has 15 heavy (non-hydrogen) atoms. The van der Waals surface area contributed by atoms with Gasteiger partial charge in [-0.05, 0) is 25.6 Å². The molecule has 1 N–H and O–H groups in total. The van der Waals surface area contributed by atoms with E-state index in [0.29, 0.717) is 23.3 Å². The maximum absolute atomic E-state index is 6.12. The second-order valence-corrected chi connectivity index (χ2v) is 3.93. The van der Waals surface area contributed by atoms with Crippen LogP contribution >= 0.6 is 23.2 Å². The molecule has 0 heterocycles. The van der Waals surface area contributed by atoms with E-state index in [0.717, 1.165) is 5.56 Å². The van der Waals surface area contributed by atoms with Crippen LogP contribution in [-0.4, -0.2) is 20.3 Å². The highest BCUT2D eigenvalue weighted by molar-refractivity contribution is 6.42.